The Labute approximate surface area is 117 Å². The van der Waals surface area contributed by atoms with Gasteiger partial charge in [-0.3, -0.25) is 0 Å². The summed E-state index contributed by atoms with van der Waals surface area (Å²) in [6.45, 7) is 11.1. The lowest BCUT2D eigenvalue weighted by Gasteiger charge is -2.51. The van der Waals surface area contributed by atoms with Crippen molar-refractivity contribution in [3.8, 4) is 0 Å². The Balaban J connectivity index is 2.21. The monoisotopic (exact) mass is 258 g/mol. The van der Waals surface area contributed by atoms with E-state index < -0.39 is 5.60 Å². The van der Waals surface area contributed by atoms with Crippen molar-refractivity contribution in [2.45, 2.75) is 59.5 Å². The lowest BCUT2D eigenvalue weighted by atomic mass is 9.57. The van der Waals surface area contributed by atoms with E-state index in [-0.39, 0.29) is 10.8 Å². The molecule has 1 N–H and O–H groups in total. The second-order valence-electron chi connectivity index (χ2n) is 7.81. The van der Waals surface area contributed by atoms with Crippen molar-refractivity contribution >= 4 is 0 Å². The van der Waals surface area contributed by atoms with Gasteiger partial charge in [-0.25, -0.2) is 0 Å². The Morgan fingerprint density at radius 1 is 1.05 bits per heavy atom. The standard InChI is InChI=1S/C18H26O/c1-12-8-13(2)10-15(9-12)18(19)16(3,4)14-6-7-17(18,5)11-14/h8-10,14,19H,6-7,11H2,1-5H3. The fourth-order valence-electron chi connectivity index (χ4n) is 5.16. The van der Waals surface area contributed by atoms with Crippen LogP contribution in [0.2, 0.25) is 0 Å². The van der Waals surface area contributed by atoms with E-state index in [4.69, 9.17) is 0 Å². The number of fused-ring (bicyclic) bond motifs is 2. The largest absolute Gasteiger partial charge is 0.384 e. The number of aryl methyl sites for hydroxylation is 2. The van der Waals surface area contributed by atoms with Gasteiger partial charge in [0, 0.05) is 10.8 Å². The molecule has 0 amide bonds. The third kappa shape index (κ3) is 1.45. The predicted octanol–water partition coefficient (Wildman–Crippen LogP) is 4.34. The molecule has 1 aromatic rings. The number of benzene rings is 1. The van der Waals surface area contributed by atoms with Crippen LogP contribution in [0.25, 0.3) is 0 Å². The molecule has 1 nitrogen and oxygen atoms in total. The van der Waals surface area contributed by atoms with E-state index in [1.807, 2.05) is 0 Å². The first-order chi connectivity index (χ1) is 8.71. The molecule has 104 valence electrons. The lowest BCUT2D eigenvalue weighted by molar-refractivity contribution is -0.150. The molecule has 1 aromatic carbocycles. The van der Waals surface area contributed by atoms with Crippen molar-refractivity contribution in [2.75, 3.05) is 0 Å². The number of hydrogen-bond acceptors (Lipinski definition) is 1. The maximum Gasteiger partial charge on any atom is 0.100 e. The van der Waals surface area contributed by atoms with Crippen molar-refractivity contribution in [2.24, 2.45) is 16.7 Å². The number of rotatable bonds is 1. The minimum atomic E-state index is -0.681. The summed E-state index contributed by atoms with van der Waals surface area (Å²) in [6.07, 6.45) is 3.60. The Kier molecular flexibility index (Phi) is 2.52. The molecule has 0 aliphatic heterocycles. The van der Waals surface area contributed by atoms with E-state index in [0.29, 0.717) is 5.92 Å². The molecule has 2 bridgehead atoms. The van der Waals surface area contributed by atoms with Gasteiger partial charge >= 0.3 is 0 Å². The number of aliphatic hydroxyl groups is 1. The Hall–Kier alpha value is -0.820. The zero-order chi connectivity index (χ0) is 14.1. The van der Waals surface area contributed by atoms with E-state index in [1.165, 1.54) is 24.0 Å². The van der Waals surface area contributed by atoms with Crippen LogP contribution in [0.15, 0.2) is 18.2 Å². The molecule has 0 spiro atoms. The van der Waals surface area contributed by atoms with Crippen LogP contribution in [0.1, 0.15) is 56.7 Å². The molecule has 0 saturated heterocycles. The van der Waals surface area contributed by atoms with Crippen LogP contribution >= 0.6 is 0 Å². The van der Waals surface area contributed by atoms with Crippen LogP contribution in [-0.2, 0) is 5.60 Å². The third-order valence-corrected chi connectivity index (χ3v) is 6.21. The molecule has 0 aromatic heterocycles. The summed E-state index contributed by atoms with van der Waals surface area (Å²) in [6, 6.07) is 6.58. The predicted molar refractivity (Wildman–Crippen MR) is 79.0 cm³/mol. The summed E-state index contributed by atoms with van der Waals surface area (Å²) in [5.41, 5.74) is 2.98. The van der Waals surface area contributed by atoms with Gasteiger partial charge in [-0.15, -0.1) is 0 Å². The van der Waals surface area contributed by atoms with Crippen molar-refractivity contribution in [1.82, 2.24) is 0 Å². The molecule has 3 atom stereocenters. The van der Waals surface area contributed by atoms with Gasteiger partial charge in [-0.2, -0.15) is 0 Å². The summed E-state index contributed by atoms with van der Waals surface area (Å²) in [7, 11) is 0. The molecular formula is C18H26O. The van der Waals surface area contributed by atoms with E-state index in [0.717, 1.165) is 12.0 Å². The van der Waals surface area contributed by atoms with Crippen LogP contribution in [0, 0.1) is 30.6 Å². The minimum Gasteiger partial charge on any atom is -0.384 e. The highest BCUT2D eigenvalue weighted by Crippen LogP contribution is 2.71. The van der Waals surface area contributed by atoms with Gasteiger partial charge in [0.05, 0.1) is 0 Å². The molecule has 3 unspecified atom stereocenters. The second kappa shape index (κ2) is 3.63. The lowest BCUT2D eigenvalue weighted by Crippen LogP contribution is -2.51. The molecule has 2 fully saturated rings. The molecule has 19 heavy (non-hydrogen) atoms. The van der Waals surface area contributed by atoms with Crippen LogP contribution in [0.3, 0.4) is 0 Å². The Bertz CT molecular complexity index is 503. The fraction of sp³-hybridized carbons (Fsp3) is 0.667. The molecule has 0 heterocycles. The summed E-state index contributed by atoms with van der Waals surface area (Å²) >= 11 is 0. The maximum atomic E-state index is 11.7. The van der Waals surface area contributed by atoms with E-state index >= 15 is 0 Å². The average molecular weight is 258 g/mol. The highest BCUT2D eigenvalue weighted by molar-refractivity contribution is 5.38. The maximum absolute atomic E-state index is 11.7. The average Bonchev–Trinajstić information content (AvgIpc) is 2.75. The second-order valence-corrected chi connectivity index (χ2v) is 7.81. The zero-order valence-corrected chi connectivity index (χ0v) is 12.9. The van der Waals surface area contributed by atoms with Crippen molar-refractivity contribution in [3.63, 3.8) is 0 Å². The highest BCUT2D eigenvalue weighted by atomic mass is 16.3. The molecule has 0 radical (unpaired) electrons. The smallest absolute Gasteiger partial charge is 0.100 e. The normalized spacial score (nSPS) is 39.8. The molecule has 1 heteroatoms. The minimum absolute atomic E-state index is 0.0275. The summed E-state index contributed by atoms with van der Waals surface area (Å²) in [5.74, 6) is 0.656. The summed E-state index contributed by atoms with van der Waals surface area (Å²) in [4.78, 5) is 0. The van der Waals surface area contributed by atoms with Crippen molar-refractivity contribution in [3.05, 3.63) is 34.9 Å². The number of hydrogen-bond donors (Lipinski definition) is 1. The first-order valence-corrected chi connectivity index (χ1v) is 7.52. The van der Waals surface area contributed by atoms with Crippen LogP contribution in [0.4, 0.5) is 0 Å². The molecule has 2 saturated carbocycles. The van der Waals surface area contributed by atoms with Gasteiger partial charge in [0.2, 0.25) is 0 Å². The van der Waals surface area contributed by atoms with Gasteiger partial charge in [0.1, 0.15) is 5.60 Å². The summed E-state index contributed by atoms with van der Waals surface area (Å²) < 4.78 is 0. The molecular weight excluding hydrogens is 232 g/mol. The first kappa shape index (κ1) is 13.2. The quantitative estimate of drug-likeness (QED) is 0.794. The van der Waals surface area contributed by atoms with Crippen molar-refractivity contribution in [1.29, 1.82) is 0 Å². The summed E-state index contributed by atoms with van der Waals surface area (Å²) in [5, 5.41) is 11.7. The van der Waals surface area contributed by atoms with Crippen molar-refractivity contribution < 1.29 is 5.11 Å². The van der Waals surface area contributed by atoms with Crippen LogP contribution in [0.5, 0.6) is 0 Å². The van der Waals surface area contributed by atoms with Gasteiger partial charge in [-0.1, -0.05) is 50.1 Å². The topological polar surface area (TPSA) is 20.2 Å². The SMILES string of the molecule is Cc1cc(C)cc(C2(O)C3(C)CCC(C3)C2(C)C)c1. The molecule has 2 aliphatic rings. The third-order valence-electron chi connectivity index (χ3n) is 6.21. The molecule has 3 rings (SSSR count). The van der Waals surface area contributed by atoms with Gasteiger partial charge in [-0.05, 0) is 44.6 Å². The van der Waals surface area contributed by atoms with E-state index in [2.05, 4.69) is 52.8 Å². The van der Waals surface area contributed by atoms with E-state index in [1.54, 1.807) is 0 Å². The Morgan fingerprint density at radius 3 is 2.11 bits per heavy atom. The Morgan fingerprint density at radius 2 is 1.63 bits per heavy atom. The zero-order valence-electron chi connectivity index (χ0n) is 12.9. The van der Waals surface area contributed by atoms with Gasteiger partial charge < -0.3 is 5.11 Å². The van der Waals surface area contributed by atoms with E-state index in [9.17, 15) is 5.11 Å². The highest BCUT2D eigenvalue weighted by Gasteiger charge is 2.68. The van der Waals surface area contributed by atoms with Gasteiger partial charge in [0.15, 0.2) is 0 Å². The first-order valence-electron chi connectivity index (χ1n) is 7.52. The van der Waals surface area contributed by atoms with Crippen LogP contribution < -0.4 is 0 Å². The van der Waals surface area contributed by atoms with Crippen LogP contribution in [-0.4, -0.2) is 5.11 Å². The molecule has 2 aliphatic carbocycles. The van der Waals surface area contributed by atoms with Gasteiger partial charge in [0.25, 0.3) is 0 Å². The fourth-order valence-corrected chi connectivity index (χ4v) is 5.16.